The summed E-state index contributed by atoms with van der Waals surface area (Å²) < 4.78 is 11.0. The molecule has 0 radical (unpaired) electrons. The summed E-state index contributed by atoms with van der Waals surface area (Å²) in [5.74, 6) is 0. The number of carbonyl (C=O) groups excluding carboxylic acids is 1. The van der Waals surface area contributed by atoms with Crippen LogP contribution in [-0.4, -0.2) is 88.9 Å². The van der Waals surface area contributed by atoms with Crippen LogP contribution >= 0.6 is 11.3 Å². The number of hydrogen-bond acceptors (Lipinski definition) is 8. The number of aromatic amines is 1. The van der Waals surface area contributed by atoms with Crippen molar-refractivity contribution in [1.82, 2.24) is 24.8 Å². The average Bonchev–Trinajstić information content (AvgIpc) is 3.45. The second-order valence-corrected chi connectivity index (χ2v) is 10.8. The lowest BCUT2D eigenvalue weighted by Crippen LogP contribution is -2.50. The van der Waals surface area contributed by atoms with Gasteiger partial charge in [-0.05, 0) is 32.9 Å². The minimum Gasteiger partial charge on any atom is -0.444 e. The van der Waals surface area contributed by atoms with Gasteiger partial charge in [0, 0.05) is 74.8 Å². The van der Waals surface area contributed by atoms with Crippen LogP contribution in [0.25, 0.3) is 21.5 Å². The molecule has 0 atom stereocenters. The van der Waals surface area contributed by atoms with Gasteiger partial charge in [0.1, 0.15) is 5.60 Å². The standard InChI is InChI=1S/C24H32N6O3S/c1-24(2,3)33-23(31)30-8-6-29(7-9-30)22-26-15-20(34-22)21-18-14-17(27-19(18)4-5-25-21)16-28-10-12-32-13-11-28/h4-5,14-15,27H,6-13,16H2,1-3H3. The minimum absolute atomic E-state index is 0.247. The molecular formula is C24H32N6O3S. The number of nitrogens with zero attached hydrogens (tertiary/aromatic N) is 5. The summed E-state index contributed by atoms with van der Waals surface area (Å²) in [5.41, 5.74) is 2.76. The van der Waals surface area contributed by atoms with Crippen molar-refractivity contribution in [2.24, 2.45) is 0 Å². The fraction of sp³-hybridized carbons (Fsp3) is 0.542. The number of aromatic nitrogens is 3. The number of ether oxygens (including phenoxy) is 2. The topological polar surface area (TPSA) is 86.8 Å². The van der Waals surface area contributed by atoms with Gasteiger partial charge in [-0.1, -0.05) is 11.3 Å². The van der Waals surface area contributed by atoms with Crippen LogP contribution in [0.1, 0.15) is 26.5 Å². The Morgan fingerprint density at radius 1 is 1.15 bits per heavy atom. The van der Waals surface area contributed by atoms with Gasteiger partial charge in [-0.15, -0.1) is 0 Å². The summed E-state index contributed by atoms with van der Waals surface area (Å²) in [6, 6.07) is 4.24. The molecule has 5 heterocycles. The number of rotatable bonds is 4. The first-order valence-corrected chi connectivity index (χ1v) is 12.6. The van der Waals surface area contributed by atoms with Gasteiger partial charge in [-0.3, -0.25) is 9.88 Å². The second-order valence-electron chi connectivity index (χ2n) is 9.77. The Hall–Kier alpha value is -2.69. The molecule has 5 rings (SSSR count). The van der Waals surface area contributed by atoms with Gasteiger partial charge in [0.25, 0.3) is 0 Å². The molecule has 3 aromatic heterocycles. The van der Waals surface area contributed by atoms with E-state index in [9.17, 15) is 4.79 Å². The highest BCUT2D eigenvalue weighted by Crippen LogP contribution is 2.35. The molecule has 9 nitrogen and oxygen atoms in total. The van der Waals surface area contributed by atoms with E-state index in [2.05, 4.69) is 20.9 Å². The molecule has 0 spiro atoms. The zero-order chi connectivity index (χ0) is 23.7. The second kappa shape index (κ2) is 9.52. The third kappa shape index (κ3) is 5.18. The van der Waals surface area contributed by atoms with Crippen LogP contribution in [0.4, 0.5) is 9.93 Å². The molecule has 0 aliphatic carbocycles. The van der Waals surface area contributed by atoms with E-state index in [1.807, 2.05) is 39.2 Å². The Labute approximate surface area is 203 Å². The largest absolute Gasteiger partial charge is 0.444 e. The molecule has 2 fully saturated rings. The fourth-order valence-electron chi connectivity index (χ4n) is 4.32. The number of H-pyrrole nitrogens is 1. The van der Waals surface area contributed by atoms with Crippen LogP contribution in [0.2, 0.25) is 0 Å². The van der Waals surface area contributed by atoms with Crippen molar-refractivity contribution in [2.75, 3.05) is 57.4 Å². The molecule has 0 bridgehead atoms. The molecule has 3 aromatic rings. The summed E-state index contributed by atoms with van der Waals surface area (Å²) in [5, 5.41) is 2.08. The highest BCUT2D eigenvalue weighted by Gasteiger charge is 2.27. The molecule has 1 amide bonds. The Morgan fingerprint density at radius 2 is 1.91 bits per heavy atom. The van der Waals surface area contributed by atoms with Crippen molar-refractivity contribution in [3.8, 4) is 10.6 Å². The zero-order valence-corrected chi connectivity index (χ0v) is 20.9. The Bertz CT molecular complexity index is 1140. The first kappa shape index (κ1) is 23.1. The van der Waals surface area contributed by atoms with Gasteiger partial charge < -0.3 is 24.3 Å². The summed E-state index contributed by atoms with van der Waals surface area (Å²) in [6.45, 7) is 12.8. The van der Waals surface area contributed by atoms with Gasteiger partial charge in [0.15, 0.2) is 5.13 Å². The van der Waals surface area contributed by atoms with E-state index in [0.717, 1.165) is 72.5 Å². The predicted octanol–water partition coefficient (Wildman–Crippen LogP) is 3.58. The first-order valence-electron chi connectivity index (χ1n) is 11.8. The smallest absolute Gasteiger partial charge is 0.410 e. The number of nitrogens with one attached hydrogen (secondary N) is 1. The number of amides is 1. The minimum atomic E-state index is -0.479. The molecule has 2 aliphatic heterocycles. The van der Waals surface area contributed by atoms with Gasteiger partial charge in [-0.25, -0.2) is 9.78 Å². The number of carbonyl (C=O) groups is 1. The van der Waals surface area contributed by atoms with E-state index in [0.29, 0.717) is 13.1 Å². The molecule has 0 aromatic carbocycles. The summed E-state index contributed by atoms with van der Waals surface area (Å²) in [4.78, 5) is 32.7. The molecule has 0 unspecified atom stereocenters. The maximum Gasteiger partial charge on any atom is 0.410 e. The monoisotopic (exact) mass is 484 g/mol. The molecule has 182 valence electrons. The number of piperazine rings is 1. The number of fused-ring (bicyclic) bond motifs is 1. The summed E-state index contributed by atoms with van der Waals surface area (Å²) in [6.07, 6.45) is 3.52. The lowest BCUT2D eigenvalue weighted by atomic mass is 10.2. The van der Waals surface area contributed by atoms with Gasteiger partial charge >= 0.3 is 6.09 Å². The van der Waals surface area contributed by atoms with E-state index in [-0.39, 0.29) is 6.09 Å². The molecule has 2 aliphatic rings. The van der Waals surface area contributed by atoms with Gasteiger partial charge in [-0.2, -0.15) is 0 Å². The van der Waals surface area contributed by atoms with E-state index < -0.39 is 5.60 Å². The van der Waals surface area contributed by atoms with E-state index >= 15 is 0 Å². The Kier molecular flexibility index (Phi) is 6.46. The van der Waals surface area contributed by atoms with Crippen LogP contribution in [0.3, 0.4) is 0 Å². The van der Waals surface area contributed by atoms with Crippen LogP contribution in [-0.2, 0) is 16.0 Å². The van der Waals surface area contributed by atoms with Crippen LogP contribution in [0, 0.1) is 0 Å². The van der Waals surface area contributed by atoms with E-state index in [1.54, 1.807) is 16.2 Å². The zero-order valence-electron chi connectivity index (χ0n) is 20.0. The van der Waals surface area contributed by atoms with Crippen LogP contribution in [0.5, 0.6) is 0 Å². The highest BCUT2D eigenvalue weighted by molar-refractivity contribution is 7.19. The van der Waals surface area contributed by atoms with Crippen LogP contribution in [0.15, 0.2) is 24.5 Å². The Balaban J connectivity index is 1.27. The lowest BCUT2D eigenvalue weighted by molar-refractivity contribution is 0.0240. The molecule has 34 heavy (non-hydrogen) atoms. The molecule has 10 heteroatoms. The number of hydrogen-bond donors (Lipinski definition) is 1. The van der Waals surface area contributed by atoms with Crippen molar-refractivity contribution >= 4 is 33.5 Å². The highest BCUT2D eigenvalue weighted by atomic mass is 32.1. The van der Waals surface area contributed by atoms with Crippen molar-refractivity contribution in [1.29, 1.82) is 0 Å². The van der Waals surface area contributed by atoms with Gasteiger partial charge in [0.05, 0.1) is 23.8 Å². The van der Waals surface area contributed by atoms with E-state index in [4.69, 9.17) is 19.4 Å². The molecule has 1 N–H and O–H groups in total. The first-order chi connectivity index (χ1) is 16.4. The predicted molar refractivity (Wildman–Crippen MR) is 133 cm³/mol. The number of anilines is 1. The lowest BCUT2D eigenvalue weighted by Gasteiger charge is -2.35. The molecule has 2 saturated heterocycles. The average molecular weight is 485 g/mol. The summed E-state index contributed by atoms with van der Waals surface area (Å²) >= 11 is 1.65. The van der Waals surface area contributed by atoms with Crippen molar-refractivity contribution in [2.45, 2.75) is 32.9 Å². The quantitative estimate of drug-likeness (QED) is 0.606. The van der Waals surface area contributed by atoms with Crippen molar-refractivity contribution in [3.05, 3.63) is 30.2 Å². The number of morpholine rings is 1. The maximum atomic E-state index is 12.4. The van der Waals surface area contributed by atoms with Crippen molar-refractivity contribution < 1.29 is 14.3 Å². The third-order valence-electron chi connectivity index (χ3n) is 6.03. The third-order valence-corrected chi connectivity index (χ3v) is 7.10. The maximum absolute atomic E-state index is 12.4. The van der Waals surface area contributed by atoms with Gasteiger partial charge in [0.2, 0.25) is 0 Å². The van der Waals surface area contributed by atoms with Crippen molar-refractivity contribution in [3.63, 3.8) is 0 Å². The fourth-order valence-corrected chi connectivity index (χ4v) is 5.30. The van der Waals surface area contributed by atoms with E-state index in [1.165, 1.54) is 5.69 Å². The SMILES string of the molecule is CC(C)(C)OC(=O)N1CCN(c2ncc(-c3nccc4[nH]c(CN5CCOCC5)cc34)s2)CC1. The summed E-state index contributed by atoms with van der Waals surface area (Å²) in [7, 11) is 0. The number of pyridine rings is 1. The van der Waals surface area contributed by atoms with Crippen LogP contribution < -0.4 is 4.90 Å². The number of thiazole rings is 1. The molecular weight excluding hydrogens is 452 g/mol. The molecule has 0 saturated carbocycles. The Morgan fingerprint density at radius 3 is 2.65 bits per heavy atom. The normalized spacial score (nSPS) is 18.0.